The topological polar surface area (TPSA) is 104 Å². The van der Waals surface area contributed by atoms with Crippen LogP contribution in [0.3, 0.4) is 0 Å². The number of esters is 1. The van der Waals surface area contributed by atoms with Gasteiger partial charge in [-0.1, -0.05) is 5.16 Å². The van der Waals surface area contributed by atoms with Crippen LogP contribution in [0.5, 0.6) is 0 Å². The molecule has 0 saturated carbocycles. The lowest BCUT2D eigenvalue weighted by molar-refractivity contribution is -0.167. The molecule has 0 aliphatic rings. The Labute approximate surface area is 120 Å². The van der Waals surface area contributed by atoms with Crippen LogP contribution in [0.1, 0.15) is 33.4 Å². The maximum absolute atomic E-state index is 11.7. The van der Waals surface area contributed by atoms with E-state index in [-0.39, 0.29) is 11.4 Å². The number of carbonyl (C=O) groups excluding carboxylic acids is 2. The molecule has 109 valence electrons. The van der Waals surface area contributed by atoms with Crippen molar-refractivity contribution in [1.82, 2.24) is 4.98 Å². The van der Waals surface area contributed by atoms with Crippen molar-refractivity contribution in [2.24, 2.45) is 5.16 Å². The third kappa shape index (κ3) is 4.96. The summed E-state index contributed by atoms with van der Waals surface area (Å²) in [7, 11) is 0. The highest BCUT2D eigenvalue weighted by atomic mass is 32.1. The van der Waals surface area contributed by atoms with Gasteiger partial charge in [-0.3, -0.25) is 4.79 Å². The molecule has 1 atom stereocenters. The van der Waals surface area contributed by atoms with E-state index in [4.69, 9.17) is 15.3 Å². The van der Waals surface area contributed by atoms with E-state index in [1.54, 1.807) is 32.4 Å². The Morgan fingerprint density at radius 3 is 2.65 bits per heavy atom. The van der Waals surface area contributed by atoms with E-state index in [0.717, 1.165) is 11.3 Å². The predicted molar refractivity (Wildman–Crippen MR) is 75.1 cm³/mol. The molecule has 0 bridgehead atoms. The minimum atomic E-state index is -0.950. The number of rotatable bonds is 5. The molecule has 0 aliphatic heterocycles. The largest absolute Gasteiger partial charge is 0.457 e. The molecule has 1 radical (unpaired) electrons. The molecule has 1 aromatic rings. The molecule has 1 rings (SSSR count). The van der Waals surface area contributed by atoms with E-state index in [0.29, 0.717) is 5.13 Å². The quantitative estimate of drug-likeness (QED) is 0.499. The van der Waals surface area contributed by atoms with Crippen LogP contribution in [0.4, 0.5) is 5.13 Å². The minimum absolute atomic E-state index is 0.159. The molecule has 0 aromatic carbocycles. The van der Waals surface area contributed by atoms with Gasteiger partial charge in [0.2, 0.25) is 6.10 Å². The van der Waals surface area contributed by atoms with Crippen molar-refractivity contribution in [3.8, 4) is 0 Å². The number of aromatic nitrogens is 1. The molecular weight excluding hydrogens is 282 g/mol. The number of carbonyl (C=O) groups is 1. The first kappa shape index (κ1) is 16.1. The Morgan fingerprint density at radius 2 is 2.20 bits per heavy atom. The second-order valence-electron chi connectivity index (χ2n) is 4.89. The number of oxime groups is 1. The zero-order valence-corrected chi connectivity index (χ0v) is 12.5. The lowest BCUT2D eigenvalue weighted by Gasteiger charge is -2.21. The van der Waals surface area contributed by atoms with Crippen LogP contribution in [0.15, 0.2) is 10.5 Å². The summed E-state index contributed by atoms with van der Waals surface area (Å²) >= 11 is 1.16. The number of nitrogens with zero attached hydrogens (tertiary/aromatic N) is 2. The molecule has 0 amide bonds. The second kappa shape index (κ2) is 6.47. The van der Waals surface area contributed by atoms with E-state index >= 15 is 0 Å². The lowest BCUT2D eigenvalue weighted by atomic mass is 10.2. The van der Waals surface area contributed by atoms with Gasteiger partial charge in [0.15, 0.2) is 10.8 Å². The van der Waals surface area contributed by atoms with Crippen molar-refractivity contribution in [3.05, 3.63) is 11.1 Å². The monoisotopic (exact) mass is 298 g/mol. The first-order chi connectivity index (χ1) is 9.23. The summed E-state index contributed by atoms with van der Waals surface area (Å²) < 4.78 is 5.11. The molecule has 0 saturated heterocycles. The normalized spacial score (nSPS) is 13.7. The van der Waals surface area contributed by atoms with Gasteiger partial charge in [0.05, 0.1) is 0 Å². The zero-order chi connectivity index (χ0) is 15.3. The third-order valence-corrected chi connectivity index (χ3v) is 2.58. The van der Waals surface area contributed by atoms with E-state index in [1.807, 2.05) is 0 Å². The second-order valence-corrected chi connectivity index (χ2v) is 5.78. The number of nitrogen functional groups attached to an aromatic ring is 1. The first-order valence-corrected chi connectivity index (χ1v) is 6.67. The third-order valence-electron chi connectivity index (χ3n) is 1.90. The summed E-state index contributed by atoms with van der Waals surface area (Å²) in [6.07, 6.45) is 0.635. The SMILES string of the molecule is CC(O/N=C(\[C]=O)c1csc(N)n1)C(=O)OC(C)(C)C. The van der Waals surface area contributed by atoms with Gasteiger partial charge >= 0.3 is 5.97 Å². The van der Waals surface area contributed by atoms with Crippen LogP contribution in [0, 0.1) is 0 Å². The van der Waals surface area contributed by atoms with Crippen LogP contribution in [0.2, 0.25) is 0 Å². The van der Waals surface area contributed by atoms with Gasteiger partial charge in [0.25, 0.3) is 6.29 Å². The van der Waals surface area contributed by atoms with Crippen LogP contribution in [-0.2, 0) is 19.2 Å². The van der Waals surface area contributed by atoms with Crippen LogP contribution in [0.25, 0.3) is 0 Å². The molecule has 7 nitrogen and oxygen atoms in total. The summed E-state index contributed by atoms with van der Waals surface area (Å²) in [4.78, 5) is 31.3. The maximum Gasteiger partial charge on any atom is 0.350 e. The van der Waals surface area contributed by atoms with Crippen LogP contribution < -0.4 is 5.73 Å². The van der Waals surface area contributed by atoms with Crippen LogP contribution >= 0.6 is 11.3 Å². The minimum Gasteiger partial charge on any atom is -0.457 e. The van der Waals surface area contributed by atoms with Crippen molar-refractivity contribution in [3.63, 3.8) is 0 Å². The average molecular weight is 298 g/mol. The standard InChI is InChI=1S/C12H16N3O4S/c1-7(10(17)18-12(2,3)4)19-15-8(5-16)9-6-20-11(13)14-9/h6-7H,1-4H3,(H2,13,14)/b15-8+. The molecule has 1 aromatic heterocycles. The van der Waals surface area contributed by atoms with Gasteiger partial charge in [0, 0.05) is 5.38 Å². The predicted octanol–water partition coefficient (Wildman–Crippen LogP) is 1.29. The van der Waals surface area contributed by atoms with Gasteiger partial charge in [-0.05, 0) is 27.7 Å². The van der Waals surface area contributed by atoms with Gasteiger partial charge in [-0.25, -0.2) is 9.78 Å². The number of hydrogen-bond acceptors (Lipinski definition) is 8. The number of ether oxygens (including phenoxy) is 1. The molecule has 20 heavy (non-hydrogen) atoms. The molecule has 0 spiro atoms. The summed E-state index contributed by atoms with van der Waals surface area (Å²) in [5.41, 5.74) is 4.92. The summed E-state index contributed by atoms with van der Waals surface area (Å²) in [6, 6.07) is 0. The Morgan fingerprint density at radius 1 is 1.55 bits per heavy atom. The van der Waals surface area contributed by atoms with Gasteiger partial charge in [0.1, 0.15) is 11.3 Å². The van der Waals surface area contributed by atoms with Gasteiger partial charge in [-0.15, -0.1) is 11.3 Å². The molecule has 1 unspecified atom stereocenters. The summed E-state index contributed by atoms with van der Waals surface area (Å²) in [5.74, 6) is -0.579. The van der Waals surface area contributed by atoms with Crippen molar-refractivity contribution in [2.75, 3.05) is 5.73 Å². The Hall–Kier alpha value is -1.96. The molecule has 0 aliphatic carbocycles. The summed E-state index contributed by atoms with van der Waals surface area (Å²) in [5, 5.41) is 5.39. The fraction of sp³-hybridized carbons (Fsp3) is 0.500. The highest BCUT2D eigenvalue weighted by molar-refractivity contribution is 7.13. The lowest BCUT2D eigenvalue weighted by Crippen LogP contribution is -2.31. The van der Waals surface area contributed by atoms with Crippen molar-refractivity contribution in [1.29, 1.82) is 0 Å². The zero-order valence-electron chi connectivity index (χ0n) is 11.7. The highest BCUT2D eigenvalue weighted by Crippen LogP contribution is 2.13. The van der Waals surface area contributed by atoms with Gasteiger partial charge in [-0.2, -0.15) is 0 Å². The van der Waals surface area contributed by atoms with Gasteiger partial charge < -0.3 is 15.3 Å². The fourth-order valence-corrected chi connectivity index (χ4v) is 1.62. The number of anilines is 1. The molecule has 1 heterocycles. The summed E-state index contributed by atoms with van der Waals surface area (Å²) in [6.45, 7) is 6.69. The average Bonchev–Trinajstić information content (AvgIpc) is 2.74. The number of hydrogen-bond donors (Lipinski definition) is 1. The van der Waals surface area contributed by atoms with E-state index < -0.39 is 17.7 Å². The fourth-order valence-electron chi connectivity index (χ4n) is 1.07. The number of thiazole rings is 1. The van der Waals surface area contributed by atoms with Crippen molar-refractivity contribution < 1.29 is 19.2 Å². The molecule has 8 heteroatoms. The van der Waals surface area contributed by atoms with Crippen molar-refractivity contribution >= 4 is 34.4 Å². The Bertz CT molecular complexity index is 519. The molecule has 0 fully saturated rings. The highest BCUT2D eigenvalue weighted by Gasteiger charge is 2.23. The van der Waals surface area contributed by atoms with Crippen LogP contribution in [-0.4, -0.2) is 34.7 Å². The first-order valence-electron chi connectivity index (χ1n) is 5.79. The Kier molecular flexibility index (Phi) is 5.20. The van der Waals surface area contributed by atoms with E-state index in [2.05, 4.69) is 10.1 Å². The smallest absolute Gasteiger partial charge is 0.350 e. The van der Waals surface area contributed by atoms with Crippen molar-refractivity contribution in [2.45, 2.75) is 39.4 Å². The maximum atomic E-state index is 11.7. The van der Waals surface area contributed by atoms with E-state index in [1.165, 1.54) is 6.92 Å². The number of nitrogens with two attached hydrogens (primary N) is 1. The molecule has 2 N–H and O–H groups in total. The Balaban J connectivity index is 2.69. The van der Waals surface area contributed by atoms with E-state index in [9.17, 15) is 9.59 Å². The molecular formula is C12H16N3O4S.